The van der Waals surface area contributed by atoms with Gasteiger partial charge in [-0.15, -0.1) is 4.40 Å². The maximum absolute atomic E-state index is 11.6. The maximum Gasteiger partial charge on any atom is 0.283 e. The summed E-state index contributed by atoms with van der Waals surface area (Å²) < 4.78 is 27.6. The highest BCUT2D eigenvalue weighted by Gasteiger charge is 2.18. The number of nitrogens with zero attached hydrogens (tertiary/aromatic N) is 1. The predicted octanol–water partition coefficient (Wildman–Crippen LogP) is 2.17. The van der Waals surface area contributed by atoms with Gasteiger partial charge in [0.25, 0.3) is 10.0 Å². The van der Waals surface area contributed by atoms with Crippen molar-refractivity contribution in [3.05, 3.63) is 30.3 Å². The average molecular weight is 245 g/mol. The molecule has 1 fully saturated rings. The Labute approximate surface area is 91.1 Å². The van der Waals surface area contributed by atoms with Crippen molar-refractivity contribution in [2.45, 2.75) is 4.90 Å². The summed E-state index contributed by atoms with van der Waals surface area (Å²) in [4.78, 5) is 0.251. The van der Waals surface area contributed by atoms with Crippen LogP contribution in [0.5, 0.6) is 0 Å². The van der Waals surface area contributed by atoms with Gasteiger partial charge in [-0.25, -0.2) is 0 Å². The standard InChI is InChI=1S/C8H7NO2S3/c10-14(11,9-8-12-6-13-8)7-4-2-1-3-5-7/h1-5H,6H2. The summed E-state index contributed by atoms with van der Waals surface area (Å²) in [5.41, 5.74) is 0. The molecule has 0 unspecified atom stereocenters. The quantitative estimate of drug-likeness (QED) is 0.801. The van der Waals surface area contributed by atoms with Crippen molar-refractivity contribution in [3.8, 4) is 0 Å². The second kappa shape index (κ2) is 3.96. The number of sulfonamides is 1. The van der Waals surface area contributed by atoms with Gasteiger partial charge < -0.3 is 0 Å². The summed E-state index contributed by atoms with van der Waals surface area (Å²) in [6.45, 7) is 0. The van der Waals surface area contributed by atoms with Crippen LogP contribution in [0.2, 0.25) is 0 Å². The van der Waals surface area contributed by atoms with Gasteiger partial charge in [-0.2, -0.15) is 8.42 Å². The van der Waals surface area contributed by atoms with Crippen LogP contribution < -0.4 is 0 Å². The zero-order chi connectivity index (χ0) is 10.0. The molecule has 2 rings (SSSR count). The van der Waals surface area contributed by atoms with Gasteiger partial charge >= 0.3 is 0 Å². The minimum Gasteiger partial charge on any atom is -0.199 e. The highest BCUT2D eigenvalue weighted by atomic mass is 32.3. The largest absolute Gasteiger partial charge is 0.283 e. The van der Waals surface area contributed by atoms with Crippen molar-refractivity contribution < 1.29 is 8.42 Å². The molecule has 0 aliphatic carbocycles. The van der Waals surface area contributed by atoms with E-state index in [1.165, 1.54) is 23.5 Å². The number of rotatable bonds is 2. The minimum absolute atomic E-state index is 0.251. The lowest BCUT2D eigenvalue weighted by Crippen LogP contribution is -2.04. The molecule has 1 heterocycles. The van der Waals surface area contributed by atoms with Gasteiger partial charge in [0.15, 0.2) is 0 Å². The van der Waals surface area contributed by atoms with Gasteiger partial charge in [0.1, 0.15) is 4.38 Å². The van der Waals surface area contributed by atoms with Gasteiger partial charge in [0.2, 0.25) is 0 Å². The van der Waals surface area contributed by atoms with Gasteiger partial charge in [-0.3, -0.25) is 0 Å². The molecule has 0 atom stereocenters. The fourth-order valence-electron chi connectivity index (χ4n) is 0.908. The molecule has 3 nitrogen and oxygen atoms in total. The van der Waals surface area contributed by atoms with E-state index in [2.05, 4.69) is 4.40 Å². The molecule has 1 aliphatic heterocycles. The second-order valence-corrected chi connectivity index (χ2v) is 6.71. The first-order chi connectivity index (χ1) is 6.68. The molecule has 14 heavy (non-hydrogen) atoms. The van der Waals surface area contributed by atoms with E-state index >= 15 is 0 Å². The SMILES string of the molecule is O=S(=O)(N=C1SCS1)c1ccccc1. The first-order valence-corrected chi connectivity index (χ1v) is 7.25. The molecular formula is C8H7NO2S3. The van der Waals surface area contributed by atoms with E-state index in [0.717, 1.165) is 5.08 Å². The number of hydrogen-bond donors (Lipinski definition) is 0. The first kappa shape index (κ1) is 10.1. The van der Waals surface area contributed by atoms with Crippen LogP contribution in [0.25, 0.3) is 0 Å². The summed E-state index contributed by atoms with van der Waals surface area (Å²) in [6.07, 6.45) is 0. The van der Waals surface area contributed by atoms with Crippen molar-refractivity contribution in [3.63, 3.8) is 0 Å². The third-order valence-electron chi connectivity index (χ3n) is 1.60. The van der Waals surface area contributed by atoms with Crippen LogP contribution >= 0.6 is 23.5 Å². The van der Waals surface area contributed by atoms with E-state index in [4.69, 9.17) is 0 Å². The van der Waals surface area contributed by atoms with E-state index in [0.29, 0.717) is 4.38 Å². The van der Waals surface area contributed by atoms with Crippen LogP contribution in [0.4, 0.5) is 0 Å². The Morgan fingerprint density at radius 1 is 1.14 bits per heavy atom. The van der Waals surface area contributed by atoms with Crippen molar-refractivity contribution in [2.24, 2.45) is 4.40 Å². The summed E-state index contributed by atoms with van der Waals surface area (Å²) in [5, 5.41) is 0.892. The first-order valence-electron chi connectivity index (χ1n) is 3.84. The molecule has 0 amide bonds. The van der Waals surface area contributed by atoms with E-state index in [-0.39, 0.29) is 4.90 Å². The van der Waals surface area contributed by atoms with Gasteiger partial charge in [-0.1, -0.05) is 41.7 Å². The number of benzene rings is 1. The van der Waals surface area contributed by atoms with E-state index in [1.54, 1.807) is 30.3 Å². The van der Waals surface area contributed by atoms with Crippen molar-refractivity contribution in [2.75, 3.05) is 5.08 Å². The molecule has 74 valence electrons. The van der Waals surface area contributed by atoms with Crippen molar-refractivity contribution in [1.82, 2.24) is 0 Å². The van der Waals surface area contributed by atoms with E-state index in [9.17, 15) is 8.42 Å². The summed E-state index contributed by atoms with van der Waals surface area (Å²) in [7, 11) is -3.47. The molecule has 0 radical (unpaired) electrons. The average Bonchev–Trinajstić information content (AvgIpc) is 2.13. The van der Waals surface area contributed by atoms with Gasteiger partial charge in [-0.05, 0) is 12.1 Å². The van der Waals surface area contributed by atoms with Crippen molar-refractivity contribution >= 4 is 37.9 Å². The van der Waals surface area contributed by atoms with Crippen LogP contribution in [0.15, 0.2) is 39.6 Å². The third kappa shape index (κ3) is 2.13. The van der Waals surface area contributed by atoms with E-state index < -0.39 is 10.0 Å². The normalized spacial score (nSPS) is 16.1. The Kier molecular flexibility index (Phi) is 2.85. The predicted molar refractivity (Wildman–Crippen MR) is 61.1 cm³/mol. The summed E-state index contributed by atoms with van der Waals surface area (Å²) in [6, 6.07) is 8.25. The number of hydrogen-bond acceptors (Lipinski definition) is 4. The Morgan fingerprint density at radius 2 is 1.79 bits per heavy atom. The Bertz CT molecular complexity index is 447. The van der Waals surface area contributed by atoms with Crippen LogP contribution in [0.3, 0.4) is 0 Å². The Balaban J connectivity index is 2.33. The molecule has 0 aromatic heterocycles. The summed E-state index contributed by atoms with van der Waals surface area (Å²) >= 11 is 2.92. The van der Waals surface area contributed by atoms with Gasteiger partial charge in [0, 0.05) is 0 Å². The lowest BCUT2D eigenvalue weighted by Gasteiger charge is -2.11. The van der Waals surface area contributed by atoms with Crippen molar-refractivity contribution in [1.29, 1.82) is 0 Å². The molecule has 0 saturated carbocycles. The lowest BCUT2D eigenvalue weighted by molar-refractivity contribution is 0.598. The maximum atomic E-state index is 11.6. The molecule has 1 aromatic carbocycles. The molecule has 6 heteroatoms. The third-order valence-corrected chi connectivity index (χ3v) is 5.45. The monoisotopic (exact) mass is 245 g/mol. The molecule has 0 spiro atoms. The van der Waals surface area contributed by atoms with Crippen LogP contribution in [0.1, 0.15) is 0 Å². The minimum atomic E-state index is -3.47. The fraction of sp³-hybridized carbons (Fsp3) is 0.125. The topological polar surface area (TPSA) is 46.5 Å². The van der Waals surface area contributed by atoms with Gasteiger partial charge in [0.05, 0.1) is 9.98 Å². The molecule has 1 aliphatic rings. The fourth-order valence-corrected chi connectivity index (χ4v) is 3.61. The Hall–Kier alpha value is -0.460. The van der Waals surface area contributed by atoms with Crippen LogP contribution in [0, 0.1) is 0 Å². The summed E-state index contributed by atoms with van der Waals surface area (Å²) in [5.74, 6) is 0. The number of thioether (sulfide) groups is 2. The van der Waals surface area contributed by atoms with E-state index in [1.807, 2.05) is 0 Å². The second-order valence-electron chi connectivity index (χ2n) is 2.55. The zero-order valence-electron chi connectivity index (χ0n) is 7.08. The molecule has 1 aromatic rings. The van der Waals surface area contributed by atoms with Crippen LogP contribution in [-0.4, -0.2) is 17.9 Å². The molecule has 0 bridgehead atoms. The highest BCUT2D eigenvalue weighted by molar-refractivity contribution is 8.52. The molecule has 1 saturated heterocycles. The zero-order valence-corrected chi connectivity index (χ0v) is 9.53. The molecular weight excluding hydrogens is 238 g/mol. The Morgan fingerprint density at radius 3 is 2.29 bits per heavy atom. The lowest BCUT2D eigenvalue weighted by atomic mass is 10.4. The highest BCUT2D eigenvalue weighted by Crippen LogP contribution is 2.34. The van der Waals surface area contributed by atoms with Crippen LogP contribution in [-0.2, 0) is 10.0 Å². The smallest absolute Gasteiger partial charge is 0.199 e. The molecule has 0 N–H and O–H groups in total.